The van der Waals surface area contributed by atoms with Gasteiger partial charge in [-0.05, 0) is 45.2 Å². The number of likely N-dealkylation sites (tertiary alicyclic amines) is 1. The lowest BCUT2D eigenvalue weighted by molar-refractivity contribution is -0.121. The quantitative estimate of drug-likeness (QED) is 0.919. The molecular formula is C13H22N4OS. The molecule has 1 aromatic heterocycles. The summed E-state index contributed by atoms with van der Waals surface area (Å²) in [5, 5.41) is 12.4. The Hall–Kier alpha value is -1.01. The van der Waals surface area contributed by atoms with Gasteiger partial charge in [-0.2, -0.15) is 0 Å². The molecule has 0 aromatic carbocycles. The van der Waals surface area contributed by atoms with Gasteiger partial charge in [-0.15, -0.1) is 10.2 Å². The number of nitrogens with zero attached hydrogens (tertiary/aromatic N) is 3. The molecule has 1 N–H and O–H groups in total. The van der Waals surface area contributed by atoms with Crippen LogP contribution in [0.2, 0.25) is 0 Å². The summed E-state index contributed by atoms with van der Waals surface area (Å²) >= 11 is 1.45. The number of piperidine rings is 1. The van der Waals surface area contributed by atoms with Gasteiger partial charge < -0.3 is 0 Å². The number of anilines is 1. The van der Waals surface area contributed by atoms with Crippen LogP contribution in [-0.4, -0.2) is 40.1 Å². The van der Waals surface area contributed by atoms with Crippen molar-refractivity contribution >= 4 is 22.4 Å². The van der Waals surface area contributed by atoms with Gasteiger partial charge in [0.25, 0.3) is 0 Å². The number of nitrogens with one attached hydrogen (secondary N) is 1. The second-order valence-electron chi connectivity index (χ2n) is 5.24. The van der Waals surface area contributed by atoms with Crippen LogP contribution in [0.1, 0.15) is 38.6 Å². The normalized spacial score (nSPS) is 19.3. The van der Waals surface area contributed by atoms with Crippen LogP contribution in [0.5, 0.6) is 0 Å². The highest BCUT2D eigenvalue weighted by atomic mass is 32.1. The van der Waals surface area contributed by atoms with E-state index in [1.54, 1.807) is 0 Å². The largest absolute Gasteiger partial charge is 0.299 e. The lowest BCUT2D eigenvalue weighted by Crippen LogP contribution is -2.45. The molecule has 1 aromatic rings. The summed E-state index contributed by atoms with van der Waals surface area (Å²) in [5.74, 6) is 0.801. The number of hydrogen-bond donors (Lipinski definition) is 1. The minimum atomic E-state index is -0.0959. The zero-order valence-corrected chi connectivity index (χ0v) is 12.7. The number of aromatic nitrogens is 2. The van der Waals surface area contributed by atoms with Gasteiger partial charge in [0, 0.05) is 0 Å². The monoisotopic (exact) mass is 282 g/mol. The maximum absolute atomic E-state index is 12.2. The Kier molecular flexibility index (Phi) is 4.87. The molecule has 1 amide bonds. The number of hydrogen-bond acceptors (Lipinski definition) is 5. The summed E-state index contributed by atoms with van der Waals surface area (Å²) in [7, 11) is 0. The molecule has 0 bridgehead atoms. The fourth-order valence-corrected chi connectivity index (χ4v) is 2.92. The Bertz CT molecular complexity index is 426. The molecule has 106 valence electrons. The third-order valence-corrected chi connectivity index (χ3v) is 4.73. The highest BCUT2D eigenvalue weighted by Crippen LogP contribution is 2.20. The molecule has 2 heterocycles. The van der Waals surface area contributed by atoms with Gasteiger partial charge in [0.1, 0.15) is 5.01 Å². The first-order chi connectivity index (χ1) is 9.10. The molecule has 1 unspecified atom stereocenters. The third kappa shape index (κ3) is 3.73. The minimum Gasteiger partial charge on any atom is -0.299 e. The van der Waals surface area contributed by atoms with Crippen LogP contribution in [0.4, 0.5) is 5.13 Å². The summed E-state index contributed by atoms with van der Waals surface area (Å²) in [6.45, 7) is 8.28. The summed E-state index contributed by atoms with van der Waals surface area (Å²) in [4.78, 5) is 14.4. The number of amides is 1. The first-order valence-corrected chi connectivity index (χ1v) is 7.79. The van der Waals surface area contributed by atoms with E-state index in [-0.39, 0.29) is 11.9 Å². The molecular weight excluding hydrogens is 260 g/mol. The fraction of sp³-hybridized carbons (Fsp3) is 0.769. The molecule has 5 nitrogen and oxygen atoms in total. The van der Waals surface area contributed by atoms with Crippen LogP contribution in [0, 0.1) is 5.92 Å². The molecule has 0 saturated carbocycles. The molecule has 1 atom stereocenters. The Morgan fingerprint density at radius 2 is 2.16 bits per heavy atom. The predicted octanol–water partition coefficient (Wildman–Crippen LogP) is 2.16. The lowest BCUT2D eigenvalue weighted by atomic mass is 9.98. The smallest absolute Gasteiger partial charge is 0.243 e. The van der Waals surface area contributed by atoms with Crippen LogP contribution in [-0.2, 0) is 11.2 Å². The highest BCUT2D eigenvalue weighted by Gasteiger charge is 2.25. The van der Waals surface area contributed by atoms with E-state index >= 15 is 0 Å². The number of aryl methyl sites for hydroxylation is 1. The van der Waals surface area contributed by atoms with Gasteiger partial charge in [0.05, 0.1) is 6.04 Å². The molecule has 1 aliphatic rings. The Morgan fingerprint density at radius 1 is 1.47 bits per heavy atom. The van der Waals surface area contributed by atoms with Crippen molar-refractivity contribution in [2.45, 2.75) is 46.1 Å². The topological polar surface area (TPSA) is 58.1 Å². The van der Waals surface area contributed by atoms with E-state index in [4.69, 9.17) is 0 Å². The molecule has 0 radical (unpaired) electrons. The van der Waals surface area contributed by atoms with E-state index in [0.717, 1.165) is 30.4 Å². The maximum Gasteiger partial charge on any atom is 0.243 e. The molecule has 6 heteroatoms. The minimum absolute atomic E-state index is 0.0216. The summed E-state index contributed by atoms with van der Waals surface area (Å²) in [5.41, 5.74) is 0. The van der Waals surface area contributed by atoms with Gasteiger partial charge in [-0.1, -0.05) is 25.2 Å². The summed E-state index contributed by atoms with van der Waals surface area (Å²) in [6.07, 6.45) is 3.21. The number of carbonyl (C=O) groups is 1. The molecule has 0 spiro atoms. The average molecular weight is 282 g/mol. The molecule has 19 heavy (non-hydrogen) atoms. The van der Waals surface area contributed by atoms with E-state index in [2.05, 4.69) is 27.3 Å². The highest BCUT2D eigenvalue weighted by molar-refractivity contribution is 7.15. The van der Waals surface area contributed by atoms with Crippen molar-refractivity contribution < 1.29 is 4.79 Å². The van der Waals surface area contributed by atoms with Gasteiger partial charge in [-0.25, -0.2) is 0 Å². The van der Waals surface area contributed by atoms with Crippen LogP contribution in [0.3, 0.4) is 0 Å². The first-order valence-electron chi connectivity index (χ1n) is 6.97. The van der Waals surface area contributed by atoms with Crippen molar-refractivity contribution in [2.75, 3.05) is 18.4 Å². The SMILES string of the molecule is CCc1nnc(NC(=O)C(C)N2CCC(C)CC2)s1. The first kappa shape index (κ1) is 14.4. The van der Waals surface area contributed by atoms with Gasteiger partial charge >= 0.3 is 0 Å². The van der Waals surface area contributed by atoms with E-state index in [1.807, 2.05) is 13.8 Å². The zero-order chi connectivity index (χ0) is 13.8. The lowest BCUT2D eigenvalue weighted by Gasteiger charge is -2.33. The van der Waals surface area contributed by atoms with Crippen LogP contribution in [0.25, 0.3) is 0 Å². The molecule has 0 aliphatic carbocycles. The summed E-state index contributed by atoms with van der Waals surface area (Å²) < 4.78 is 0. The Labute approximate surface area is 118 Å². The predicted molar refractivity (Wildman–Crippen MR) is 77.3 cm³/mol. The van der Waals surface area contributed by atoms with Crippen molar-refractivity contribution in [3.8, 4) is 0 Å². The molecule has 2 rings (SSSR count). The van der Waals surface area contributed by atoms with Crippen LogP contribution >= 0.6 is 11.3 Å². The average Bonchev–Trinajstić information content (AvgIpc) is 2.86. The Balaban J connectivity index is 1.88. The van der Waals surface area contributed by atoms with Gasteiger partial charge in [0.2, 0.25) is 11.0 Å². The fourth-order valence-electron chi connectivity index (χ4n) is 2.24. The van der Waals surface area contributed by atoms with E-state index in [0.29, 0.717) is 5.13 Å². The number of carbonyl (C=O) groups excluding carboxylic acids is 1. The number of rotatable bonds is 4. The summed E-state index contributed by atoms with van der Waals surface area (Å²) in [6, 6.07) is -0.0959. The van der Waals surface area contributed by atoms with Crippen LogP contribution in [0.15, 0.2) is 0 Å². The van der Waals surface area contributed by atoms with E-state index < -0.39 is 0 Å². The molecule has 1 saturated heterocycles. The van der Waals surface area contributed by atoms with Crippen molar-refractivity contribution in [3.05, 3.63) is 5.01 Å². The van der Waals surface area contributed by atoms with Crippen LogP contribution < -0.4 is 5.32 Å². The van der Waals surface area contributed by atoms with E-state index in [1.165, 1.54) is 24.2 Å². The molecule has 1 aliphatic heterocycles. The standard InChI is InChI=1S/C13H22N4OS/c1-4-11-15-16-13(19-11)14-12(18)10(3)17-7-5-9(2)6-8-17/h9-10H,4-8H2,1-3H3,(H,14,16,18). The van der Waals surface area contributed by atoms with Crippen molar-refractivity contribution in [3.63, 3.8) is 0 Å². The second kappa shape index (κ2) is 6.43. The molecule has 1 fully saturated rings. The van der Waals surface area contributed by atoms with E-state index in [9.17, 15) is 4.79 Å². The van der Waals surface area contributed by atoms with Crippen molar-refractivity contribution in [1.82, 2.24) is 15.1 Å². The third-order valence-electron chi connectivity index (χ3n) is 3.74. The van der Waals surface area contributed by atoms with Crippen molar-refractivity contribution in [2.24, 2.45) is 5.92 Å². The van der Waals surface area contributed by atoms with Gasteiger partial charge in [0.15, 0.2) is 0 Å². The zero-order valence-electron chi connectivity index (χ0n) is 11.8. The van der Waals surface area contributed by atoms with Crippen molar-refractivity contribution in [1.29, 1.82) is 0 Å². The van der Waals surface area contributed by atoms with Gasteiger partial charge in [-0.3, -0.25) is 15.0 Å². The maximum atomic E-state index is 12.2. The second-order valence-corrected chi connectivity index (χ2v) is 6.30. The Morgan fingerprint density at radius 3 is 2.74 bits per heavy atom.